The Labute approximate surface area is 373 Å². The first-order chi connectivity index (χ1) is 30.0. The van der Waals surface area contributed by atoms with Crippen molar-refractivity contribution in [2.24, 2.45) is 0 Å². The molecule has 0 spiro atoms. The zero-order valence-electron chi connectivity index (χ0n) is 38.4. The van der Waals surface area contributed by atoms with Crippen LogP contribution in [0.15, 0.2) is 170 Å². The van der Waals surface area contributed by atoms with Gasteiger partial charge in [0.1, 0.15) is 17.3 Å². The Bertz CT molecular complexity index is 3070. The van der Waals surface area contributed by atoms with Crippen molar-refractivity contribution in [3.63, 3.8) is 0 Å². The third kappa shape index (κ3) is 7.97. The molecule has 0 N–H and O–H groups in total. The highest BCUT2D eigenvalue weighted by Crippen LogP contribution is 2.40. The molecule has 3 aromatic heterocycles. The van der Waals surface area contributed by atoms with E-state index in [1.807, 2.05) is 22.9 Å². The minimum absolute atomic E-state index is 0.0181. The van der Waals surface area contributed by atoms with Crippen LogP contribution in [0.4, 0.5) is 0 Å². The molecule has 316 valence electrons. The zero-order valence-corrected chi connectivity index (χ0v) is 38.4. The third-order valence-corrected chi connectivity index (χ3v) is 13.0. The molecular formula is C58H58N4O. The lowest BCUT2D eigenvalue weighted by Gasteiger charge is -2.27. The molecule has 0 aliphatic heterocycles. The normalized spacial score (nSPS) is 12.6. The third-order valence-electron chi connectivity index (χ3n) is 13.0. The molecule has 0 saturated heterocycles. The minimum Gasteiger partial charge on any atom is -0.458 e. The van der Waals surface area contributed by atoms with Gasteiger partial charge in [0.05, 0.1) is 22.4 Å². The average Bonchev–Trinajstić information content (AvgIpc) is 3.90. The Morgan fingerprint density at radius 1 is 0.492 bits per heavy atom. The van der Waals surface area contributed by atoms with Gasteiger partial charge < -0.3 is 4.74 Å². The van der Waals surface area contributed by atoms with E-state index in [0.29, 0.717) is 0 Å². The summed E-state index contributed by atoms with van der Waals surface area (Å²) in [6, 6.07) is 54.3. The van der Waals surface area contributed by atoms with Gasteiger partial charge >= 0.3 is 0 Å². The van der Waals surface area contributed by atoms with Crippen LogP contribution >= 0.6 is 0 Å². The van der Waals surface area contributed by atoms with E-state index in [-0.39, 0.29) is 21.7 Å². The van der Waals surface area contributed by atoms with E-state index in [1.165, 1.54) is 38.8 Å². The summed E-state index contributed by atoms with van der Waals surface area (Å²) in [5.41, 5.74) is 11.4. The number of ether oxygens (including phenoxy) is 1. The number of hydrogen-bond donors (Lipinski definition) is 0. The quantitative estimate of drug-likeness (QED) is 0.107. The fourth-order valence-corrected chi connectivity index (χ4v) is 8.73. The van der Waals surface area contributed by atoms with Gasteiger partial charge in [-0.3, -0.25) is 13.7 Å². The summed E-state index contributed by atoms with van der Waals surface area (Å²) in [5.74, 6) is 2.35. The molecule has 0 saturated carbocycles. The smallest absolute Gasteiger partial charge is 0.268 e. The average molecular weight is 827 g/mol. The molecule has 9 aromatic rings. The van der Waals surface area contributed by atoms with E-state index in [0.717, 1.165) is 45.1 Å². The first-order valence-corrected chi connectivity index (χ1v) is 22.1. The highest BCUT2D eigenvalue weighted by Gasteiger charge is 2.27. The van der Waals surface area contributed by atoms with E-state index in [4.69, 9.17) is 9.72 Å². The van der Waals surface area contributed by atoms with Crippen molar-refractivity contribution >= 4 is 21.8 Å². The monoisotopic (exact) mass is 826 g/mol. The predicted molar refractivity (Wildman–Crippen MR) is 259 cm³/mol. The molecule has 3 heterocycles. The molecular weight excluding hydrogens is 769 g/mol. The molecule has 9 rings (SSSR count). The molecule has 0 aliphatic rings. The van der Waals surface area contributed by atoms with E-state index in [1.54, 1.807) is 0 Å². The molecule has 0 fully saturated rings. The van der Waals surface area contributed by atoms with Crippen LogP contribution < -0.4 is 9.30 Å². The summed E-state index contributed by atoms with van der Waals surface area (Å²) < 4.78 is 13.1. The summed E-state index contributed by atoms with van der Waals surface area (Å²) in [6.45, 7) is 22.8. The number of rotatable bonds is 9. The summed E-state index contributed by atoms with van der Waals surface area (Å²) in [4.78, 5) is 5.04. The van der Waals surface area contributed by atoms with Crippen molar-refractivity contribution in [3.8, 4) is 28.7 Å². The largest absolute Gasteiger partial charge is 0.458 e. The van der Waals surface area contributed by atoms with Gasteiger partial charge in [-0.15, -0.1) is 0 Å². The second-order valence-corrected chi connectivity index (χ2v) is 20.1. The van der Waals surface area contributed by atoms with Gasteiger partial charge in [-0.2, -0.15) is 0 Å². The predicted octanol–water partition coefficient (Wildman–Crippen LogP) is 14.1. The molecule has 0 unspecified atom stereocenters. The Hall–Kier alpha value is -6.72. The fourth-order valence-electron chi connectivity index (χ4n) is 8.73. The summed E-state index contributed by atoms with van der Waals surface area (Å²) in [5, 5.41) is 2.32. The SMILES string of the molecule is CC(C)(C)c1cc(-[n+]2[c-]n(-c3cccc(Oc4ccc5c6cc(C(C)(C)c7ccccc7)ccc6n(-c6cc(C(C)(C)c7ccccc7)ccn6)c5c4)c3)cc2)cc(C(C)(C)C)c1. The molecule has 5 nitrogen and oxygen atoms in total. The van der Waals surface area contributed by atoms with Crippen LogP contribution in [0.3, 0.4) is 0 Å². The van der Waals surface area contributed by atoms with Crippen molar-refractivity contribution in [1.29, 1.82) is 0 Å². The van der Waals surface area contributed by atoms with Gasteiger partial charge in [0.15, 0.2) is 0 Å². The Morgan fingerprint density at radius 3 is 1.75 bits per heavy atom. The van der Waals surface area contributed by atoms with Gasteiger partial charge in [0.25, 0.3) is 6.33 Å². The molecule has 0 aliphatic carbocycles. The van der Waals surface area contributed by atoms with E-state index in [2.05, 4.69) is 237 Å². The number of pyridine rings is 1. The van der Waals surface area contributed by atoms with Crippen LogP contribution in [0.5, 0.6) is 11.5 Å². The highest BCUT2D eigenvalue weighted by atomic mass is 16.5. The molecule has 0 atom stereocenters. The number of imidazole rings is 1. The lowest BCUT2D eigenvalue weighted by Crippen LogP contribution is -2.30. The molecule has 0 radical (unpaired) electrons. The van der Waals surface area contributed by atoms with Crippen LogP contribution in [0.1, 0.15) is 103 Å². The topological polar surface area (TPSA) is 35.9 Å². The summed E-state index contributed by atoms with van der Waals surface area (Å²) in [6.07, 6.45) is 9.65. The minimum atomic E-state index is -0.230. The highest BCUT2D eigenvalue weighted by molar-refractivity contribution is 6.09. The number of nitrogens with zero attached hydrogens (tertiary/aromatic N) is 4. The Balaban J connectivity index is 1.11. The number of benzene rings is 6. The lowest BCUT2D eigenvalue weighted by molar-refractivity contribution is -0.599. The molecule has 5 heteroatoms. The maximum atomic E-state index is 6.74. The van der Waals surface area contributed by atoms with Gasteiger partial charge in [-0.25, -0.2) is 4.98 Å². The lowest BCUT2D eigenvalue weighted by atomic mass is 9.78. The Morgan fingerprint density at radius 2 is 1.11 bits per heavy atom. The first kappa shape index (κ1) is 41.6. The van der Waals surface area contributed by atoms with Crippen LogP contribution in [0.2, 0.25) is 0 Å². The fraction of sp³-hybridized carbons (Fsp3) is 0.241. The van der Waals surface area contributed by atoms with Crippen LogP contribution in [0.25, 0.3) is 39.0 Å². The van der Waals surface area contributed by atoms with E-state index < -0.39 is 0 Å². The molecule has 63 heavy (non-hydrogen) atoms. The number of hydrogen-bond acceptors (Lipinski definition) is 2. The van der Waals surface area contributed by atoms with Gasteiger partial charge in [-0.1, -0.05) is 148 Å². The van der Waals surface area contributed by atoms with E-state index >= 15 is 0 Å². The van der Waals surface area contributed by atoms with Crippen molar-refractivity contribution in [2.75, 3.05) is 0 Å². The van der Waals surface area contributed by atoms with E-state index in [9.17, 15) is 0 Å². The standard InChI is InChI=1S/C58H58N4O/c1-55(2,3)44-32-45(56(4,5)6)34-47(33-44)61-31-30-60(39-61)46-22-17-23-48(37-46)63-49-25-26-50-51-35-42(57(7,8)40-18-13-11-14-19-40)24-27-52(51)62(53(50)38-49)54-36-43(28-29-59-54)58(9,10)41-20-15-12-16-21-41/h11-38H,1-10H3. The van der Waals surface area contributed by atoms with Gasteiger partial charge in [0, 0.05) is 46.3 Å². The second-order valence-electron chi connectivity index (χ2n) is 20.1. The van der Waals surface area contributed by atoms with Crippen molar-refractivity contribution in [1.82, 2.24) is 14.1 Å². The number of fused-ring (bicyclic) bond motifs is 3. The summed E-state index contributed by atoms with van der Waals surface area (Å²) in [7, 11) is 0. The molecule has 6 aromatic carbocycles. The van der Waals surface area contributed by atoms with Crippen molar-refractivity contribution in [2.45, 2.75) is 90.9 Å². The first-order valence-electron chi connectivity index (χ1n) is 22.1. The Kier molecular flexibility index (Phi) is 10.3. The van der Waals surface area contributed by atoms with Crippen LogP contribution in [0, 0.1) is 6.33 Å². The van der Waals surface area contributed by atoms with Gasteiger partial charge in [-0.05, 0) is 111 Å². The van der Waals surface area contributed by atoms with Crippen molar-refractivity contribution in [3.05, 3.63) is 210 Å². The van der Waals surface area contributed by atoms with Crippen LogP contribution in [-0.4, -0.2) is 14.1 Å². The zero-order chi connectivity index (χ0) is 44.3. The maximum absolute atomic E-state index is 6.74. The molecule has 0 amide bonds. The maximum Gasteiger partial charge on any atom is 0.268 e. The molecule has 0 bridgehead atoms. The summed E-state index contributed by atoms with van der Waals surface area (Å²) >= 11 is 0. The second kappa shape index (κ2) is 15.6. The number of aromatic nitrogens is 4. The van der Waals surface area contributed by atoms with Crippen molar-refractivity contribution < 1.29 is 9.30 Å². The van der Waals surface area contributed by atoms with Crippen LogP contribution in [-0.2, 0) is 21.7 Å². The van der Waals surface area contributed by atoms with Gasteiger partial charge in [0.2, 0.25) is 0 Å².